The van der Waals surface area contributed by atoms with Gasteiger partial charge in [-0.05, 0) is 37.5 Å². The van der Waals surface area contributed by atoms with Gasteiger partial charge in [-0.2, -0.15) is 4.98 Å². The fraction of sp³-hybridized carbons (Fsp3) is 0.308. The Morgan fingerprint density at radius 2 is 1.78 bits per heavy atom. The van der Waals surface area contributed by atoms with Crippen LogP contribution in [-0.4, -0.2) is 20.1 Å². The molecule has 0 aromatic carbocycles. The lowest BCUT2D eigenvalue weighted by Gasteiger charge is -2.08. The van der Waals surface area contributed by atoms with Crippen molar-refractivity contribution in [2.24, 2.45) is 0 Å². The molecule has 2 rings (SSSR count). The van der Waals surface area contributed by atoms with Gasteiger partial charge in [-0.3, -0.25) is 4.98 Å². The first-order valence-electron chi connectivity index (χ1n) is 5.64. The first-order valence-corrected chi connectivity index (χ1v) is 6.62. The molecule has 0 bridgehead atoms. The maximum absolute atomic E-state index is 9.43. The molecule has 2 aromatic heterocycles. The number of pyridine rings is 1. The summed E-state index contributed by atoms with van der Waals surface area (Å²) in [6, 6.07) is 1.55. The third kappa shape index (κ3) is 2.98. The smallest absolute Gasteiger partial charge is 0.215 e. The Bertz CT molecular complexity index is 532. The maximum Gasteiger partial charge on any atom is 0.215 e. The summed E-state index contributed by atoms with van der Waals surface area (Å²) in [5.41, 5.74) is 4.35. The zero-order valence-corrected chi connectivity index (χ0v) is 11.5. The lowest BCUT2D eigenvalue weighted by molar-refractivity contribution is 0.444. The van der Waals surface area contributed by atoms with E-state index in [1.165, 1.54) is 28.5 Å². The van der Waals surface area contributed by atoms with E-state index in [4.69, 9.17) is 0 Å². The lowest BCUT2D eigenvalue weighted by atomic mass is 10.1. The van der Waals surface area contributed by atoms with E-state index in [9.17, 15) is 5.11 Å². The van der Waals surface area contributed by atoms with Crippen LogP contribution < -0.4 is 0 Å². The monoisotopic (exact) mass is 261 g/mol. The Kier molecular flexibility index (Phi) is 3.81. The Morgan fingerprint density at radius 1 is 1.11 bits per heavy atom. The summed E-state index contributed by atoms with van der Waals surface area (Å²) in [6.07, 6.45) is 3.72. The summed E-state index contributed by atoms with van der Waals surface area (Å²) in [7, 11) is 0. The first kappa shape index (κ1) is 12.8. The van der Waals surface area contributed by atoms with Crippen LogP contribution >= 0.6 is 11.8 Å². The molecule has 0 saturated heterocycles. The van der Waals surface area contributed by atoms with Gasteiger partial charge in [0.1, 0.15) is 0 Å². The van der Waals surface area contributed by atoms with Gasteiger partial charge >= 0.3 is 0 Å². The maximum atomic E-state index is 9.43. The fourth-order valence-corrected chi connectivity index (χ4v) is 2.78. The minimum atomic E-state index is 0.0215. The number of rotatable bonds is 3. The van der Waals surface area contributed by atoms with Gasteiger partial charge in [0, 0.05) is 29.9 Å². The molecule has 0 aliphatic heterocycles. The molecule has 0 amide bonds. The number of hydrogen-bond acceptors (Lipinski definition) is 5. The molecule has 1 N–H and O–H groups in total. The average Bonchev–Trinajstić information content (AvgIpc) is 2.27. The van der Waals surface area contributed by atoms with Crippen LogP contribution in [0.4, 0.5) is 0 Å². The topological polar surface area (TPSA) is 58.9 Å². The van der Waals surface area contributed by atoms with Crippen molar-refractivity contribution in [2.45, 2.75) is 31.7 Å². The van der Waals surface area contributed by atoms with Gasteiger partial charge in [0.15, 0.2) is 5.16 Å². The number of aryl methyl sites for hydroxylation is 3. The van der Waals surface area contributed by atoms with Gasteiger partial charge in [-0.1, -0.05) is 11.8 Å². The van der Waals surface area contributed by atoms with Crippen molar-refractivity contribution in [1.29, 1.82) is 0 Å². The molecule has 4 nitrogen and oxygen atoms in total. The summed E-state index contributed by atoms with van der Waals surface area (Å²) >= 11 is 1.52. The largest absolute Gasteiger partial charge is 0.493 e. The van der Waals surface area contributed by atoms with Crippen molar-refractivity contribution >= 4 is 11.8 Å². The van der Waals surface area contributed by atoms with Crippen LogP contribution in [0.25, 0.3) is 0 Å². The zero-order valence-electron chi connectivity index (χ0n) is 10.6. The van der Waals surface area contributed by atoms with E-state index < -0.39 is 0 Å². The van der Waals surface area contributed by atoms with E-state index in [1.54, 1.807) is 6.07 Å². The molecule has 0 radical (unpaired) electrons. The summed E-state index contributed by atoms with van der Waals surface area (Å²) in [6.45, 7) is 5.93. The van der Waals surface area contributed by atoms with Crippen LogP contribution in [0.15, 0.2) is 23.6 Å². The predicted octanol–water partition coefficient (Wildman–Crippen LogP) is 2.79. The molecule has 94 valence electrons. The second-order valence-corrected chi connectivity index (χ2v) is 5.13. The van der Waals surface area contributed by atoms with Crippen LogP contribution in [0.1, 0.15) is 22.4 Å². The van der Waals surface area contributed by atoms with Crippen molar-refractivity contribution in [3.05, 3.63) is 40.8 Å². The van der Waals surface area contributed by atoms with Crippen molar-refractivity contribution in [1.82, 2.24) is 15.0 Å². The van der Waals surface area contributed by atoms with Gasteiger partial charge in [0.2, 0.25) is 5.88 Å². The van der Waals surface area contributed by atoms with Crippen LogP contribution in [0, 0.1) is 20.8 Å². The minimum absolute atomic E-state index is 0.0215. The van der Waals surface area contributed by atoms with Crippen molar-refractivity contribution < 1.29 is 5.11 Å². The number of aromatic hydroxyl groups is 1. The molecule has 0 aliphatic carbocycles. The number of hydrogen-bond donors (Lipinski definition) is 1. The van der Waals surface area contributed by atoms with E-state index in [1.807, 2.05) is 33.2 Å². The summed E-state index contributed by atoms with van der Waals surface area (Å²) in [5, 5.41) is 10.0. The van der Waals surface area contributed by atoms with E-state index in [0.717, 1.165) is 11.4 Å². The van der Waals surface area contributed by atoms with Gasteiger partial charge in [-0.15, -0.1) is 0 Å². The molecule has 2 aromatic rings. The summed E-state index contributed by atoms with van der Waals surface area (Å²) in [5.74, 6) is 0.802. The number of aromatic nitrogens is 3. The SMILES string of the molecule is Cc1cc(O)nc(SCc2c(C)cncc2C)n1. The standard InChI is InChI=1S/C13H15N3OS/c1-8-5-14-6-9(2)11(8)7-18-13-15-10(3)4-12(17)16-13/h4-6H,7H2,1-3H3,(H,15,16,17). The Labute approximate surface area is 111 Å². The van der Waals surface area contributed by atoms with Crippen LogP contribution in [0.5, 0.6) is 5.88 Å². The van der Waals surface area contributed by atoms with E-state index >= 15 is 0 Å². The molecule has 0 aliphatic rings. The Balaban J connectivity index is 2.16. The second-order valence-electron chi connectivity index (χ2n) is 4.19. The molecule has 0 atom stereocenters. The summed E-state index contributed by atoms with van der Waals surface area (Å²) in [4.78, 5) is 12.4. The van der Waals surface area contributed by atoms with Crippen LogP contribution in [-0.2, 0) is 5.75 Å². The molecule has 2 heterocycles. The van der Waals surface area contributed by atoms with Gasteiger partial charge < -0.3 is 5.11 Å². The van der Waals surface area contributed by atoms with Gasteiger partial charge in [0.25, 0.3) is 0 Å². The molecule has 18 heavy (non-hydrogen) atoms. The molecule has 0 spiro atoms. The highest BCUT2D eigenvalue weighted by Gasteiger charge is 2.06. The molecule has 0 unspecified atom stereocenters. The Morgan fingerprint density at radius 3 is 2.39 bits per heavy atom. The van der Waals surface area contributed by atoms with Gasteiger partial charge in [0.05, 0.1) is 0 Å². The predicted molar refractivity (Wildman–Crippen MR) is 71.7 cm³/mol. The lowest BCUT2D eigenvalue weighted by Crippen LogP contribution is -1.95. The van der Waals surface area contributed by atoms with Crippen molar-refractivity contribution in [3.63, 3.8) is 0 Å². The average molecular weight is 261 g/mol. The van der Waals surface area contributed by atoms with E-state index in [-0.39, 0.29) is 5.88 Å². The summed E-state index contributed by atoms with van der Waals surface area (Å²) < 4.78 is 0. The molecule has 0 saturated carbocycles. The quantitative estimate of drug-likeness (QED) is 0.680. The van der Waals surface area contributed by atoms with Crippen molar-refractivity contribution in [2.75, 3.05) is 0 Å². The van der Waals surface area contributed by atoms with Crippen molar-refractivity contribution in [3.8, 4) is 5.88 Å². The Hall–Kier alpha value is -1.62. The van der Waals surface area contributed by atoms with E-state index in [0.29, 0.717) is 5.16 Å². The minimum Gasteiger partial charge on any atom is -0.493 e. The molecular formula is C13H15N3OS. The highest BCUT2D eigenvalue weighted by molar-refractivity contribution is 7.98. The van der Waals surface area contributed by atoms with Crippen LogP contribution in [0.2, 0.25) is 0 Å². The second kappa shape index (κ2) is 5.35. The normalized spacial score (nSPS) is 10.6. The first-order chi connectivity index (χ1) is 8.56. The highest BCUT2D eigenvalue weighted by Crippen LogP contribution is 2.24. The fourth-order valence-electron chi connectivity index (χ4n) is 1.68. The number of nitrogens with zero attached hydrogens (tertiary/aromatic N) is 3. The van der Waals surface area contributed by atoms with E-state index in [2.05, 4.69) is 15.0 Å². The molecule has 0 fully saturated rings. The third-order valence-electron chi connectivity index (χ3n) is 2.65. The molecule has 5 heteroatoms. The highest BCUT2D eigenvalue weighted by atomic mass is 32.2. The number of thioether (sulfide) groups is 1. The van der Waals surface area contributed by atoms with Gasteiger partial charge in [-0.25, -0.2) is 4.98 Å². The zero-order chi connectivity index (χ0) is 13.1. The molecular weight excluding hydrogens is 246 g/mol. The van der Waals surface area contributed by atoms with Crippen LogP contribution in [0.3, 0.4) is 0 Å². The third-order valence-corrected chi connectivity index (χ3v) is 3.53.